The maximum Gasteiger partial charge on any atom is 0.389 e. The highest BCUT2D eigenvalue weighted by atomic mass is 19.4. The van der Waals surface area contributed by atoms with E-state index in [1.807, 2.05) is 6.07 Å². The Bertz CT molecular complexity index is 740. The zero-order chi connectivity index (χ0) is 19.9. The van der Waals surface area contributed by atoms with Gasteiger partial charge in [-0.05, 0) is 48.6 Å². The summed E-state index contributed by atoms with van der Waals surface area (Å²) in [6.45, 7) is 1.86. The second-order valence-corrected chi connectivity index (χ2v) is 6.48. The minimum absolute atomic E-state index is 0.141. The highest BCUT2D eigenvalue weighted by Gasteiger charge is 2.26. The number of hydrogen-bond acceptors (Lipinski definition) is 1. The summed E-state index contributed by atoms with van der Waals surface area (Å²) in [5.41, 5.74) is 1.53. The zero-order valence-corrected chi connectivity index (χ0v) is 15.2. The average Bonchev–Trinajstić information content (AvgIpc) is 2.59. The Morgan fingerprint density at radius 2 is 1.67 bits per heavy atom. The van der Waals surface area contributed by atoms with Crippen LogP contribution in [0.4, 0.5) is 22.0 Å². The van der Waals surface area contributed by atoms with Gasteiger partial charge in [-0.2, -0.15) is 13.2 Å². The van der Waals surface area contributed by atoms with Crippen molar-refractivity contribution in [2.75, 3.05) is 6.61 Å². The molecule has 148 valence electrons. The minimum Gasteiger partial charge on any atom is -0.491 e. The second-order valence-electron chi connectivity index (χ2n) is 6.48. The number of aryl methyl sites for hydroxylation is 1. The lowest BCUT2D eigenvalue weighted by atomic mass is 10.0. The molecule has 0 aliphatic rings. The maximum atomic E-state index is 14.4. The maximum absolute atomic E-state index is 14.4. The van der Waals surface area contributed by atoms with Gasteiger partial charge in [-0.1, -0.05) is 38.0 Å². The van der Waals surface area contributed by atoms with Crippen LogP contribution in [-0.2, 0) is 6.42 Å². The van der Waals surface area contributed by atoms with Gasteiger partial charge >= 0.3 is 6.18 Å². The van der Waals surface area contributed by atoms with Crippen molar-refractivity contribution in [1.82, 2.24) is 0 Å². The summed E-state index contributed by atoms with van der Waals surface area (Å²) in [4.78, 5) is 0. The summed E-state index contributed by atoms with van der Waals surface area (Å²) in [7, 11) is 0. The summed E-state index contributed by atoms with van der Waals surface area (Å²) >= 11 is 0. The predicted molar refractivity (Wildman–Crippen MR) is 95.8 cm³/mol. The molecule has 1 nitrogen and oxygen atoms in total. The number of rotatable bonds is 9. The largest absolute Gasteiger partial charge is 0.491 e. The van der Waals surface area contributed by atoms with Gasteiger partial charge in [0.15, 0.2) is 11.6 Å². The first kappa shape index (κ1) is 21.2. The number of unbranched alkanes of at least 4 members (excludes halogenated alkanes) is 2. The van der Waals surface area contributed by atoms with Crippen LogP contribution >= 0.6 is 0 Å². The van der Waals surface area contributed by atoms with Crippen LogP contribution in [0.5, 0.6) is 5.75 Å². The molecule has 0 amide bonds. The topological polar surface area (TPSA) is 9.23 Å². The van der Waals surface area contributed by atoms with Crippen LogP contribution in [0.25, 0.3) is 11.1 Å². The van der Waals surface area contributed by atoms with E-state index in [-0.39, 0.29) is 24.3 Å². The van der Waals surface area contributed by atoms with Crippen molar-refractivity contribution in [3.05, 3.63) is 53.6 Å². The molecule has 0 spiro atoms. The van der Waals surface area contributed by atoms with E-state index in [9.17, 15) is 22.0 Å². The van der Waals surface area contributed by atoms with Crippen molar-refractivity contribution in [1.29, 1.82) is 0 Å². The van der Waals surface area contributed by atoms with Crippen LogP contribution in [0.3, 0.4) is 0 Å². The Morgan fingerprint density at radius 1 is 0.889 bits per heavy atom. The van der Waals surface area contributed by atoms with Crippen LogP contribution in [0.15, 0.2) is 36.4 Å². The fraction of sp³-hybridized carbons (Fsp3) is 0.429. The van der Waals surface area contributed by atoms with Crippen molar-refractivity contribution in [3.8, 4) is 16.9 Å². The lowest BCUT2D eigenvalue weighted by Crippen LogP contribution is -2.10. The summed E-state index contributed by atoms with van der Waals surface area (Å²) in [5.74, 6) is -1.30. The molecule has 0 bridgehead atoms. The average molecular weight is 386 g/mol. The number of alkyl halides is 3. The highest BCUT2D eigenvalue weighted by molar-refractivity contribution is 5.65. The Kier molecular flexibility index (Phi) is 7.63. The molecule has 0 unspecified atom stereocenters. The summed E-state index contributed by atoms with van der Waals surface area (Å²) < 4.78 is 69.8. The zero-order valence-electron chi connectivity index (χ0n) is 15.2. The van der Waals surface area contributed by atoms with Crippen LogP contribution in [0, 0.1) is 11.6 Å². The molecule has 0 aromatic heterocycles. The van der Waals surface area contributed by atoms with E-state index in [1.54, 1.807) is 6.07 Å². The van der Waals surface area contributed by atoms with Crippen molar-refractivity contribution in [2.24, 2.45) is 0 Å². The third-order valence-electron chi connectivity index (χ3n) is 4.21. The van der Waals surface area contributed by atoms with Gasteiger partial charge in [0.1, 0.15) is 5.82 Å². The molecule has 0 atom stereocenters. The molecule has 0 saturated heterocycles. The van der Waals surface area contributed by atoms with Crippen LogP contribution in [-0.4, -0.2) is 12.8 Å². The molecule has 2 aromatic carbocycles. The summed E-state index contributed by atoms with van der Waals surface area (Å²) in [6.07, 6.45) is -1.54. The molecule has 0 radical (unpaired) electrons. The van der Waals surface area contributed by atoms with Crippen LogP contribution in [0.2, 0.25) is 0 Å². The van der Waals surface area contributed by atoms with Gasteiger partial charge in [-0.25, -0.2) is 8.78 Å². The smallest absolute Gasteiger partial charge is 0.389 e. The monoisotopic (exact) mass is 386 g/mol. The fourth-order valence-corrected chi connectivity index (χ4v) is 2.77. The molecule has 0 heterocycles. The predicted octanol–water partition coefficient (Wildman–Crippen LogP) is 7.09. The quantitative estimate of drug-likeness (QED) is 0.330. The van der Waals surface area contributed by atoms with Crippen molar-refractivity contribution in [2.45, 2.75) is 51.6 Å². The molecule has 0 N–H and O–H groups in total. The van der Waals surface area contributed by atoms with Gasteiger partial charge in [-0.15, -0.1) is 0 Å². The third kappa shape index (κ3) is 6.85. The SMILES string of the molecule is CCCCCc1ccc(-c2ccc(OCCCC(F)(F)F)c(F)c2)c(F)c1. The Morgan fingerprint density at radius 3 is 2.30 bits per heavy atom. The second kappa shape index (κ2) is 9.72. The van der Waals surface area contributed by atoms with Gasteiger partial charge < -0.3 is 4.74 Å². The van der Waals surface area contributed by atoms with Crippen LogP contribution in [0.1, 0.15) is 44.6 Å². The van der Waals surface area contributed by atoms with Gasteiger partial charge in [0.25, 0.3) is 0 Å². The van der Waals surface area contributed by atoms with E-state index in [0.717, 1.165) is 37.3 Å². The lowest BCUT2D eigenvalue weighted by molar-refractivity contribution is -0.136. The summed E-state index contributed by atoms with van der Waals surface area (Å²) in [5, 5.41) is 0. The summed E-state index contributed by atoms with van der Waals surface area (Å²) in [6, 6.07) is 8.85. The van der Waals surface area contributed by atoms with E-state index in [4.69, 9.17) is 4.74 Å². The lowest BCUT2D eigenvalue weighted by Gasteiger charge is -2.11. The van der Waals surface area contributed by atoms with Gasteiger partial charge in [0, 0.05) is 12.0 Å². The van der Waals surface area contributed by atoms with Crippen molar-refractivity contribution < 1.29 is 26.7 Å². The van der Waals surface area contributed by atoms with E-state index in [2.05, 4.69) is 6.92 Å². The number of hydrogen-bond donors (Lipinski definition) is 0. The van der Waals surface area contributed by atoms with Gasteiger partial charge in [-0.3, -0.25) is 0 Å². The third-order valence-corrected chi connectivity index (χ3v) is 4.21. The standard InChI is InChI=1S/C21H23F5O/c1-2-3-4-6-15-7-9-17(18(22)13-15)16-8-10-20(19(23)14-16)27-12-5-11-21(24,25)26/h7-10,13-14H,2-6,11-12H2,1H3. The van der Waals surface area contributed by atoms with E-state index in [1.165, 1.54) is 18.2 Å². The normalized spacial score (nSPS) is 11.6. The number of benzene rings is 2. The molecule has 0 aliphatic carbocycles. The molecule has 6 heteroatoms. The van der Waals surface area contributed by atoms with Crippen molar-refractivity contribution in [3.63, 3.8) is 0 Å². The molecule has 2 aromatic rings. The molecule has 2 rings (SSSR count). The molecule has 0 fully saturated rings. The van der Waals surface area contributed by atoms with E-state index in [0.29, 0.717) is 5.56 Å². The first-order chi connectivity index (χ1) is 12.8. The van der Waals surface area contributed by atoms with Gasteiger partial charge in [0.05, 0.1) is 6.61 Å². The Labute approximate surface area is 156 Å². The van der Waals surface area contributed by atoms with E-state index < -0.39 is 24.2 Å². The first-order valence-electron chi connectivity index (χ1n) is 9.08. The Hall–Kier alpha value is -2.11. The molecule has 0 aliphatic heterocycles. The molecule has 0 saturated carbocycles. The highest BCUT2D eigenvalue weighted by Crippen LogP contribution is 2.29. The molecule has 27 heavy (non-hydrogen) atoms. The van der Waals surface area contributed by atoms with Crippen molar-refractivity contribution >= 4 is 0 Å². The fourth-order valence-electron chi connectivity index (χ4n) is 2.77. The van der Waals surface area contributed by atoms with E-state index >= 15 is 0 Å². The number of halogens is 5. The Balaban J connectivity index is 2.02. The molecular formula is C21H23F5O. The minimum atomic E-state index is -4.26. The number of ether oxygens (including phenoxy) is 1. The van der Waals surface area contributed by atoms with Gasteiger partial charge in [0.2, 0.25) is 0 Å². The first-order valence-corrected chi connectivity index (χ1v) is 9.08. The molecular weight excluding hydrogens is 363 g/mol. The van der Waals surface area contributed by atoms with Crippen LogP contribution < -0.4 is 4.74 Å².